The van der Waals surface area contributed by atoms with Crippen molar-refractivity contribution in [3.05, 3.63) is 65.0 Å². The summed E-state index contributed by atoms with van der Waals surface area (Å²) in [6.45, 7) is 6.88. The number of thiazole rings is 1. The average molecular weight is 605 g/mol. The van der Waals surface area contributed by atoms with Crippen molar-refractivity contribution in [3.63, 3.8) is 0 Å². The number of hydrogen-bond acceptors (Lipinski definition) is 8. The standard InChI is InChI=1S/C29H23ClF2N8OS/c1-4-21(41)39-7-9-40(10-8-39)27-16-11-19(30)22(15-5-6-20(31)28-26(15)36-29(34)42-28)23(32)25(16)35-24(17(27)12-33)18-13-38(3)37-14(18)2/h4-6,11,13H,1,7-10H2,2-3H3,(H2,34,36). The lowest BCUT2D eigenvalue weighted by molar-refractivity contribution is -0.126. The van der Waals surface area contributed by atoms with Gasteiger partial charge in [0.25, 0.3) is 0 Å². The summed E-state index contributed by atoms with van der Waals surface area (Å²) in [7, 11) is 1.75. The summed E-state index contributed by atoms with van der Waals surface area (Å²) >= 11 is 7.73. The number of halogens is 3. The predicted octanol–water partition coefficient (Wildman–Crippen LogP) is 5.44. The maximum Gasteiger partial charge on any atom is 0.246 e. The number of carbonyl (C=O) groups is 1. The Morgan fingerprint density at radius 1 is 1.19 bits per heavy atom. The lowest BCUT2D eigenvalue weighted by Crippen LogP contribution is -2.48. The normalized spacial score (nSPS) is 13.6. The van der Waals surface area contributed by atoms with Gasteiger partial charge in [0, 0.05) is 61.5 Å². The van der Waals surface area contributed by atoms with Gasteiger partial charge in [-0.3, -0.25) is 9.48 Å². The van der Waals surface area contributed by atoms with Crippen LogP contribution in [0.15, 0.2) is 37.1 Å². The summed E-state index contributed by atoms with van der Waals surface area (Å²) in [6.07, 6.45) is 2.99. The highest BCUT2D eigenvalue weighted by molar-refractivity contribution is 7.22. The van der Waals surface area contributed by atoms with Gasteiger partial charge >= 0.3 is 0 Å². The zero-order valence-corrected chi connectivity index (χ0v) is 24.2. The monoisotopic (exact) mass is 604 g/mol. The van der Waals surface area contributed by atoms with Crippen molar-refractivity contribution >= 4 is 60.8 Å². The van der Waals surface area contributed by atoms with Crippen molar-refractivity contribution in [1.29, 1.82) is 5.26 Å². The molecule has 0 atom stereocenters. The zero-order chi connectivity index (χ0) is 29.9. The van der Waals surface area contributed by atoms with Gasteiger partial charge in [0.05, 0.1) is 32.3 Å². The SMILES string of the molecule is C=CC(=O)N1CCN(c2c(C#N)c(-c3cn(C)nc3C)nc3c(F)c(-c4ccc(F)c5sc(N)nc45)c(Cl)cc23)CC1. The van der Waals surface area contributed by atoms with Gasteiger partial charge in [0.1, 0.15) is 23.0 Å². The van der Waals surface area contributed by atoms with Crippen molar-refractivity contribution < 1.29 is 13.6 Å². The Labute approximate surface area is 248 Å². The van der Waals surface area contributed by atoms with E-state index in [1.165, 1.54) is 18.2 Å². The Kier molecular flexibility index (Phi) is 6.79. The van der Waals surface area contributed by atoms with Crippen molar-refractivity contribution in [2.45, 2.75) is 6.92 Å². The van der Waals surface area contributed by atoms with E-state index in [0.29, 0.717) is 48.5 Å². The highest BCUT2D eigenvalue weighted by atomic mass is 35.5. The molecule has 1 aliphatic heterocycles. The van der Waals surface area contributed by atoms with Crippen LogP contribution in [0.1, 0.15) is 11.3 Å². The molecule has 0 saturated carbocycles. The molecule has 0 aliphatic carbocycles. The maximum atomic E-state index is 16.8. The van der Waals surface area contributed by atoms with E-state index in [2.05, 4.69) is 22.7 Å². The van der Waals surface area contributed by atoms with E-state index in [4.69, 9.17) is 22.3 Å². The van der Waals surface area contributed by atoms with Gasteiger partial charge < -0.3 is 15.5 Å². The van der Waals surface area contributed by atoms with E-state index in [9.17, 15) is 14.4 Å². The molecular formula is C29H23ClF2N8OS. The average Bonchev–Trinajstić information content (AvgIpc) is 3.54. The van der Waals surface area contributed by atoms with Crippen LogP contribution in [-0.4, -0.2) is 56.7 Å². The van der Waals surface area contributed by atoms with Crippen LogP contribution < -0.4 is 10.6 Å². The van der Waals surface area contributed by atoms with Crippen LogP contribution in [-0.2, 0) is 11.8 Å². The van der Waals surface area contributed by atoms with Crippen LogP contribution in [0.5, 0.6) is 0 Å². The van der Waals surface area contributed by atoms with Crippen LogP contribution in [0.25, 0.3) is 43.5 Å². The number of benzene rings is 2. The fourth-order valence-corrected chi connectivity index (χ4v) is 6.55. The quantitative estimate of drug-likeness (QED) is 0.271. The summed E-state index contributed by atoms with van der Waals surface area (Å²) in [5.41, 5.74) is 8.46. The number of amides is 1. The van der Waals surface area contributed by atoms with Crippen molar-refractivity contribution in [2.24, 2.45) is 7.05 Å². The number of anilines is 2. The number of nitrogens with zero attached hydrogens (tertiary/aromatic N) is 7. The maximum absolute atomic E-state index is 16.8. The van der Waals surface area contributed by atoms with Gasteiger partial charge in [-0.25, -0.2) is 18.7 Å². The second-order valence-corrected chi connectivity index (χ2v) is 11.3. The summed E-state index contributed by atoms with van der Waals surface area (Å²) in [5.74, 6) is -1.46. The van der Waals surface area contributed by atoms with Gasteiger partial charge in [-0.05, 0) is 31.2 Å². The number of piperazine rings is 1. The largest absolute Gasteiger partial charge is 0.375 e. The summed E-state index contributed by atoms with van der Waals surface area (Å²) in [6, 6.07) is 6.50. The molecule has 212 valence electrons. The van der Waals surface area contributed by atoms with Gasteiger partial charge in [0.15, 0.2) is 10.9 Å². The molecule has 0 bridgehead atoms. The molecule has 9 nitrogen and oxygen atoms in total. The molecule has 3 aromatic heterocycles. The number of hydrogen-bond donors (Lipinski definition) is 1. The molecule has 1 saturated heterocycles. The number of rotatable bonds is 4. The van der Waals surface area contributed by atoms with Crippen molar-refractivity contribution in [1.82, 2.24) is 24.6 Å². The second-order valence-electron chi connectivity index (χ2n) is 9.88. The molecule has 0 unspecified atom stereocenters. The number of nitriles is 1. The molecule has 2 aromatic carbocycles. The smallest absolute Gasteiger partial charge is 0.246 e. The summed E-state index contributed by atoms with van der Waals surface area (Å²) in [5, 5.41) is 15.4. The molecule has 2 N–H and O–H groups in total. The number of aromatic nitrogens is 4. The number of carbonyl (C=O) groups excluding carboxylic acids is 1. The molecule has 1 aliphatic rings. The third-order valence-electron chi connectivity index (χ3n) is 7.39. The Balaban J connectivity index is 1.65. The first-order chi connectivity index (χ1) is 20.1. The molecule has 1 fully saturated rings. The Morgan fingerprint density at radius 2 is 1.93 bits per heavy atom. The van der Waals surface area contributed by atoms with Gasteiger partial charge in [-0.2, -0.15) is 10.4 Å². The number of pyridine rings is 1. The number of fused-ring (bicyclic) bond motifs is 2. The molecule has 0 radical (unpaired) electrons. The lowest BCUT2D eigenvalue weighted by atomic mass is 9.96. The number of aryl methyl sites for hydroxylation is 2. The van der Waals surface area contributed by atoms with Crippen molar-refractivity contribution in [2.75, 3.05) is 36.8 Å². The highest BCUT2D eigenvalue weighted by Gasteiger charge is 2.30. The second kappa shape index (κ2) is 10.3. The van der Waals surface area contributed by atoms with Crippen LogP contribution in [0.2, 0.25) is 5.02 Å². The molecule has 0 spiro atoms. The van der Waals surface area contributed by atoms with E-state index in [-0.39, 0.29) is 54.2 Å². The van der Waals surface area contributed by atoms with Gasteiger partial charge in [0.2, 0.25) is 5.91 Å². The Hall–Kier alpha value is -4.60. The van der Waals surface area contributed by atoms with E-state index in [1.807, 2.05) is 4.90 Å². The van der Waals surface area contributed by atoms with E-state index in [0.717, 1.165) is 11.3 Å². The molecule has 42 heavy (non-hydrogen) atoms. The first kappa shape index (κ1) is 27.6. The van der Waals surface area contributed by atoms with E-state index >= 15 is 4.39 Å². The first-order valence-electron chi connectivity index (χ1n) is 12.9. The summed E-state index contributed by atoms with van der Waals surface area (Å²) < 4.78 is 33.1. The predicted molar refractivity (Wildman–Crippen MR) is 160 cm³/mol. The Morgan fingerprint density at radius 3 is 2.57 bits per heavy atom. The number of nitrogen functional groups attached to an aromatic ring is 1. The topological polar surface area (TPSA) is 117 Å². The minimum absolute atomic E-state index is 0.00196. The fourth-order valence-electron chi connectivity index (χ4n) is 5.49. The minimum atomic E-state index is -0.744. The fraction of sp³-hybridized carbons (Fsp3) is 0.207. The molecule has 4 heterocycles. The van der Waals surface area contributed by atoms with Crippen LogP contribution >= 0.6 is 22.9 Å². The van der Waals surface area contributed by atoms with Crippen LogP contribution in [0, 0.1) is 29.9 Å². The first-order valence-corrected chi connectivity index (χ1v) is 14.1. The highest BCUT2D eigenvalue weighted by Crippen LogP contribution is 2.45. The summed E-state index contributed by atoms with van der Waals surface area (Å²) in [4.78, 5) is 24.8. The van der Waals surface area contributed by atoms with Crippen molar-refractivity contribution in [3.8, 4) is 28.5 Å². The third kappa shape index (κ3) is 4.33. The third-order valence-corrected chi connectivity index (χ3v) is 8.58. The van der Waals surface area contributed by atoms with Crippen LogP contribution in [0.4, 0.5) is 19.6 Å². The van der Waals surface area contributed by atoms with E-state index < -0.39 is 11.6 Å². The van der Waals surface area contributed by atoms with Gasteiger partial charge in [-0.15, -0.1) is 0 Å². The molecular weight excluding hydrogens is 582 g/mol. The van der Waals surface area contributed by atoms with E-state index in [1.54, 1.807) is 35.8 Å². The molecule has 1 amide bonds. The Bertz CT molecular complexity index is 1990. The molecule has 13 heteroatoms. The lowest BCUT2D eigenvalue weighted by Gasteiger charge is -2.37. The number of nitrogens with two attached hydrogens (primary N) is 1. The molecule has 5 aromatic rings. The van der Waals surface area contributed by atoms with Gasteiger partial charge in [-0.1, -0.05) is 29.5 Å². The minimum Gasteiger partial charge on any atom is -0.375 e. The molecule has 6 rings (SSSR count). The zero-order valence-electron chi connectivity index (χ0n) is 22.6. The van der Waals surface area contributed by atoms with Crippen LogP contribution in [0.3, 0.4) is 0 Å².